The van der Waals surface area contributed by atoms with Crippen LogP contribution in [0.3, 0.4) is 0 Å². The van der Waals surface area contributed by atoms with Gasteiger partial charge in [0.05, 0.1) is 10.7 Å². The number of halogens is 2. The van der Waals surface area contributed by atoms with Crippen molar-refractivity contribution in [1.29, 1.82) is 0 Å². The lowest BCUT2D eigenvalue weighted by atomic mass is 10.3. The van der Waals surface area contributed by atoms with Gasteiger partial charge in [0.2, 0.25) is 5.82 Å². The van der Waals surface area contributed by atoms with Gasteiger partial charge in [0, 0.05) is 0 Å². The van der Waals surface area contributed by atoms with E-state index in [9.17, 15) is 4.39 Å². The molecule has 7 heteroatoms. The van der Waals surface area contributed by atoms with Crippen molar-refractivity contribution in [1.82, 2.24) is 10.1 Å². The summed E-state index contributed by atoms with van der Waals surface area (Å²) in [5, 5.41) is 3.77. The van der Waals surface area contributed by atoms with E-state index in [0.29, 0.717) is 21.8 Å². The minimum atomic E-state index is -0.344. The highest BCUT2D eigenvalue weighted by atomic mass is 79.9. The maximum atomic E-state index is 12.9. The molecule has 102 valence electrons. The lowest BCUT2D eigenvalue weighted by Gasteiger charge is -2.05. The molecule has 0 radical (unpaired) electrons. The number of aromatic nitrogens is 2. The summed E-state index contributed by atoms with van der Waals surface area (Å²) in [6, 6.07) is 7.59. The van der Waals surface area contributed by atoms with E-state index >= 15 is 0 Å². The molecule has 2 aromatic heterocycles. The van der Waals surface area contributed by atoms with Crippen molar-refractivity contribution in [2.24, 2.45) is 0 Å². The van der Waals surface area contributed by atoms with Crippen molar-refractivity contribution in [3.63, 3.8) is 0 Å². The molecule has 0 atom stereocenters. The molecule has 3 rings (SSSR count). The van der Waals surface area contributed by atoms with E-state index < -0.39 is 0 Å². The molecule has 0 aliphatic rings. The SMILES string of the molecule is Fc1ccc(OCc2noc(-c3ccco3)n2)c(Br)c1. The summed E-state index contributed by atoms with van der Waals surface area (Å²) in [5.41, 5.74) is 0. The Labute approximate surface area is 121 Å². The quantitative estimate of drug-likeness (QED) is 0.723. The summed E-state index contributed by atoms with van der Waals surface area (Å²) >= 11 is 3.21. The number of rotatable bonds is 4. The van der Waals surface area contributed by atoms with Crippen LogP contribution in [0.5, 0.6) is 5.75 Å². The number of benzene rings is 1. The Morgan fingerprint density at radius 1 is 1.30 bits per heavy atom. The third-order valence-electron chi connectivity index (χ3n) is 2.45. The van der Waals surface area contributed by atoms with Crippen LogP contribution in [-0.2, 0) is 6.61 Å². The minimum Gasteiger partial charge on any atom is -0.484 e. The fourth-order valence-electron chi connectivity index (χ4n) is 1.55. The van der Waals surface area contributed by atoms with Crippen LogP contribution in [0.1, 0.15) is 5.82 Å². The predicted molar refractivity (Wildman–Crippen MR) is 70.4 cm³/mol. The molecule has 0 N–H and O–H groups in total. The van der Waals surface area contributed by atoms with Crippen molar-refractivity contribution in [2.45, 2.75) is 6.61 Å². The maximum Gasteiger partial charge on any atom is 0.293 e. The Kier molecular flexibility index (Phi) is 3.51. The largest absolute Gasteiger partial charge is 0.484 e. The van der Waals surface area contributed by atoms with Crippen molar-refractivity contribution in [3.8, 4) is 17.4 Å². The van der Waals surface area contributed by atoms with Gasteiger partial charge in [0.25, 0.3) is 5.89 Å². The Morgan fingerprint density at radius 3 is 2.95 bits per heavy atom. The number of hydrogen-bond acceptors (Lipinski definition) is 5. The molecule has 0 aliphatic heterocycles. The topological polar surface area (TPSA) is 61.3 Å². The van der Waals surface area contributed by atoms with Crippen LogP contribution < -0.4 is 4.74 Å². The standard InChI is InChI=1S/C13H8BrFN2O3/c14-9-6-8(15)3-4-10(9)19-7-12-16-13(20-17-12)11-2-1-5-18-11/h1-6H,7H2. The van der Waals surface area contributed by atoms with Gasteiger partial charge in [0.15, 0.2) is 12.4 Å². The van der Waals surface area contributed by atoms with Crippen molar-refractivity contribution < 1.29 is 18.1 Å². The van der Waals surface area contributed by atoms with E-state index in [1.165, 1.54) is 24.5 Å². The van der Waals surface area contributed by atoms with Crippen LogP contribution in [0.25, 0.3) is 11.7 Å². The Morgan fingerprint density at radius 2 is 2.20 bits per heavy atom. The summed E-state index contributed by atoms with van der Waals surface area (Å²) < 4.78 is 29.1. The highest BCUT2D eigenvalue weighted by Crippen LogP contribution is 2.26. The van der Waals surface area contributed by atoms with Crippen LogP contribution in [-0.4, -0.2) is 10.1 Å². The van der Waals surface area contributed by atoms with Gasteiger partial charge in [0.1, 0.15) is 11.6 Å². The zero-order chi connectivity index (χ0) is 13.9. The minimum absolute atomic E-state index is 0.106. The molecule has 5 nitrogen and oxygen atoms in total. The van der Waals surface area contributed by atoms with Crippen LogP contribution in [0, 0.1) is 5.82 Å². The Hall–Kier alpha value is -2.15. The molecule has 0 aliphatic carbocycles. The molecule has 0 saturated heterocycles. The highest BCUT2D eigenvalue weighted by Gasteiger charge is 2.12. The molecule has 0 spiro atoms. The van der Waals surface area contributed by atoms with Gasteiger partial charge in [-0.3, -0.25) is 0 Å². The zero-order valence-corrected chi connectivity index (χ0v) is 11.6. The number of furan rings is 1. The summed E-state index contributed by atoms with van der Waals surface area (Å²) in [6.45, 7) is 0.106. The first-order valence-electron chi connectivity index (χ1n) is 5.67. The van der Waals surface area contributed by atoms with Gasteiger partial charge in [-0.1, -0.05) is 5.16 Å². The van der Waals surface area contributed by atoms with Crippen LogP contribution in [0.4, 0.5) is 4.39 Å². The number of hydrogen-bond donors (Lipinski definition) is 0. The van der Waals surface area contributed by atoms with Crippen molar-refractivity contribution in [2.75, 3.05) is 0 Å². The van der Waals surface area contributed by atoms with E-state index in [1.807, 2.05) is 0 Å². The van der Waals surface area contributed by atoms with E-state index in [-0.39, 0.29) is 18.3 Å². The Balaban J connectivity index is 1.70. The lowest BCUT2D eigenvalue weighted by molar-refractivity contribution is 0.284. The number of ether oxygens (including phenoxy) is 1. The molecule has 0 saturated carbocycles. The fourth-order valence-corrected chi connectivity index (χ4v) is 2.01. The van der Waals surface area contributed by atoms with E-state index in [0.717, 1.165) is 0 Å². The van der Waals surface area contributed by atoms with Crippen LogP contribution in [0.15, 0.2) is 50.0 Å². The maximum absolute atomic E-state index is 12.9. The van der Waals surface area contributed by atoms with Gasteiger partial charge in [-0.25, -0.2) is 4.39 Å². The van der Waals surface area contributed by atoms with Gasteiger partial charge >= 0.3 is 0 Å². The smallest absolute Gasteiger partial charge is 0.293 e. The molecule has 1 aromatic carbocycles. The van der Waals surface area contributed by atoms with Gasteiger partial charge in [-0.2, -0.15) is 4.98 Å². The summed E-state index contributed by atoms with van der Waals surface area (Å²) in [4.78, 5) is 4.13. The molecular formula is C13H8BrFN2O3. The molecule has 20 heavy (non-hydrogen) atoms. The first kappa shape index (κ1) is 12.9. The average Bonchev–Trinajstić information content (AvgIpc) is 3.08. The molecule has 3 aromatic rings. The monoisotopic (exact) mass is 338 g/mol. The zero-order valence-electron chi connectivity index (χ0n) is 10.0. The average molecular weight is 339 g/mol. The van der Waals surface area contributed by atoms with E-state index in [1.54, 1.807) is 12.1 Å². The summed E-state index contributed by atoms with van der Waals surface area (Å²) in [6.07, 6.45) is 1.52. The molecule has 2 heterocycles. The Bertz CT molecular complexity index is 712. The van der Waals surface area contributed by atoms with Crippen molar-refractivity contribution in [3.05, 3.63) is 52.7 Å². The molecule has 0 amide bonds. The molecule has 0 bridgehead atoms. The van der Waals surface area contributed by atoms with Gasteiger partial charge < -0.3 is 13.7 Å². The van der Waals surface area contributed by atoms with E-state index in [2.05, 4.69) is 26.1 Å². The first-order valence-corrected chi connectivity index (χ1v) is 6.46. The van der Waals surface area contributed by atoms with Crippen LogP contribution in [0.2, 0.25) is 0 Å². The lowest BCUT2D eigenvalue weighted by Crippen LogP contribution is -1.98. The second kappa shape index (κ2) is 5.46. The predicted octanol–water partition coefficient (Wildman–Crippen LogP) is 3.81. The van der Waals surface area contributed by atoms with Crippen LogP contribution >= 0.6 is 15.9 Å². The number of nitrogens with zero attached hydrogens (tertiary/aromatic N) is 2. The van der Waals surface area contributed by atoms with Crippen molar-refractivity contribution >= 4 is 15.9 Å². The highest BCUT2D eigenvalue weighted by molar-refractivity contribution is 9.10. The summed E-state index contributed by atoms with van der Waals surface area (Å²) in [5.74, 6) is 1.30. The fraction of sp³-hybridized carbons (Fsp3) is 0.0769. The van der Waals surface area contributed by atoms with E-state index in [4.69, 9.17) is 13.7 Å². The molecular weight excluding hydrogens is 331 g/mol. The molecule has 0 fully saturated rings. The third kappa shape index (κ3) is 2.72. The normalized spacial score (nSPS) is 10.7. The van der Waals surface area contributed by atoms with Gasteiger partial charge in [-0.15, -0.1) is 0 Å². The second-order valence-corrected chi connectivity index (χ2v) is 4.71. The second-order valence-electron chi connectivity index (χ2n) is 3.86. The molecule has 0 unspecified atom stereocenters. The first-order chi connectivity index (χ1) is 9.72. The van der Waals surface area contributed by atoms with Gasteiger partial charge in [-0.05, 0) is 46.3 Å². The third-order valence-corrected chi connectivity index (χ3v) is 3.07. The summed E-state index contributed by atoms with van der Waals surface area (Å²) in [7, 11) is 0.